The van der Waals surface area contributed by atoms with Crippen molar-refractivity contribution in [1.29, 1.82) is 0 Å². The highest BCUT2D eigenvalue weighted by atomic mass is 32.2. The summed E-state index contributed by atoms with van der Waals surface area (Å²) < 4.78 is 1.62. The van der Waals surface area contributed by atoms with Crippen LogP contribution in [0.25, 0.3) is 0 Å². The SMILES string of the molecule is CSc1cccc(N2C[C@@H](C(=O)Nc3ccn(C)n3)CC2=O)c1. The van der Waals surface area contributed by atoms with E-state index in [9.17, 15) is 9.59 Å². The summed E-state index contributed by atoms with van der Waals surface area (Å²) in [5.74, 6) is -0.0415. The second kappa shape index (κ2) is 6.45. The standard InChI is InChI=1S/C16H18N4O2S/c1-19-7-6-14(18-19)17-16(22)11-8-15(21)20(10-11)12-4-3-5-13(9-12)23-2/h3-7,9,11H,8,10H2,1-2H3,(H,17,18,22)/t11-/m0/s1. The first-order valence-corrected chi connectivity index (χ1v) is 8.54. The van der Waals surface area contributed by atoms with E-state index < -0.39 is 0 Å². The highest BCUT2D eigenvalue weighted by molar-refractivity contribution is 7.98. The summed E-state index contributed by atoms with van der Waals surface area (Å²) in [6, 6.07) is 9.53. The molecular weight excluding hydrogens is 312 g/mol. The number of hydrogen-bond donors (Lipinski definition) is 1. The molecule has 0 radical (unpaired) electrons. The lowest BCUT2D eigenvalue weighted by Crippen LogP contribution is -2.28. The number of nitrogens with one attached hydrogen (secondary N) is 1. The molecule has 1 fully saturated rings. The maximum absolute atomic E-state index is 12.3. The molecule has 0 unspecified atom stereocenters. The van der Waals surface area contributed by atoms with Gasteiger partial charge in [-0.05, 0) is 24.5 Å². The number of carbonyl (C=O) groups is 2. The Hall–Kier alpha value is -2.28. The molecule has 0 aliphatic carbocycles. The van der Waals surface area contributed by atoms with Gasteiger partial charge in [0.2, 0.25) is 11.8 Å². The van der Waals surface area contributed by atoms with Crippen LogP contribution in [0.2, 0.25) is 0 Å². The highest BCUT2D eigenvalue weighted by Gasteiger charge is 2.35. The molecule has 23 heavy (non-hydrogen) atoms. The lowest BCUT2D eigenvalue weighted by molar-refractivity contribution is -0.122. The Labute approximate surface area is 138 Å². The third kappa shape index (κ3) is 3.39. The molecule has 1 aliphatic heterocycles. The third-order valence-corrected chi connectivity index (χ3v) is 4.55. The normalized spacial score (nSPS) is 17.6. The van der Waals surface area contributed by atoms with Crippen molar-refractivity contribution in [3.05, 3.63) is 36.5 Å². The molecule has 1 aromatic heterocycles. The fourth-order valence-corrected chi connectivity index (χ4v) is 3.07. The molecule has 120 valence electrons. The van der Waals surface area contributed by atoms with Crippen molar-refractivity contribution in [3.63, 3.8) is 0 Å². The predicted molar refractivity (Wildman–Crippen MR) is 90.5 cm³/mol. The van der Waals surface area contributed by atoms with Crippen LogP contribution in [0.5, 0.6) is 0 Å². The zero-order valence-electron chi connectivity index (χ0n) is 13.0. The Balaban J connectivity index is 1.70. The van der Waals surface area contributed by atoms with Crippen molar-refractivity contribution < 1.29 is 9.59 Å². The first-order valence-electron chi connectivity index (χ1n) is 7.32. The maximum atomic E-state index is 12.3. The van der Waals surface area contributed by atoms with Gasteiger partial charge < -0.3 is 10.2 Å². The minimum absolute atomic E-state index is 0.0237. The number of nitrogens with zero attached hydrogens (tertiary/aromatic N) is 3. The largest absolute Gasteiger partial charge is 0.312 e. The quantitative estimate of drug-likeness (QED) is 0.872. The molecule has 1 atom stereocenters. The minimum Gasteiger partial charge on any atom is -0.312 e. The number of aryl methyl sites for hydroxylation is 1. The number of thioether (sulfide) groups is 1. The van der Waals surface area contributed by atoms with Gasteiger partial charge in [0, 0.05) is 42.9 Å². The molecule has 2 amide bonds. The lowest BCUT2D eigenvalue weighted by atomic mass is 10.1. The summed E-state index contributed by atoms with van der Waals surface area (Å²) >= 11 is 1.63. The summed E-state index contributed by atoms with van der Waals surface area (Å²) in [6.45, 7) is 0.398. The van der Waals surface area contributed by atoms with Gasteiger partial charge in [-0.3, -0.25) is 14.3 Å². The topological polar surface area (TPSA) is 67.2 Å². The number of aromatic nitrogens is 2. The van der Waals surface area contributed by atoms with Crippen molar-refractivity contribution >= 4 is 35.1 Å². The van der Waals surface area contributed by atoms with Crippen LogP contribution >= 0.6 is 11.8 Å². The van der Waals surface area contributed by atoms with Gasteiger partial charge in [-0.1, -0.05) is 6.07 Å². The molecule has 3 rings (SSSR count). The third-order valence-electron chi connectivity index (χ3n) is 3.83. The number of benzene rings is 1. The van der Waals surface area contributed by atoms with Crippen LogP contribution in [-0.4, -0.2) is 34.4 Å². The van der Waals surface area contributed by atoms with E-state index in [-0.39, 0.29) is 24.2 Å². The average molecular weight is 330 g/mol. The fourth-order valence-electron chi connectivity index (χ4n) is 2.62. The zero-order chi connectivity index (χ0) is 16.4. The Morgan fingerprint density at radius 2 is 2.22 bits per heavy atom. The minimum atomic E-state index is -0.359. The van der Waals surface area contributed by atoms with E-state index >= 15 is 0 Å². The molecule has 0 bridgehead atoms. The molecule has 6 nitrogen and oxygen atoms in total. The molecule has 1 aliphatic rings. The molecule has 0 spiro atoms. The van der Waals surface area contributed by atoms with E-state index in [2.05, 4.69) is 10.4 Å². The van der Waals surface area contributed by atoms with Crippen LogP contribution in [0, 0.1) is 5.92 Å². The van der Waals surface area contributed by atoms with Crippen molar-refractivity contribution in [2.24, 2.45) is 13.0 Å². The number of hydrogen-bond acceptors (Lipinski definition) is 4. The number of anilines is 2. The molecule has 1 aromatic carbocycles. The van der Waals surface area contributed by atoms with Crippen LogP contribution in [0.4, 0.5) is 11.5 Å². The second-order valence-corrected chi connectivity index (χ2v) is 6.35. The monoisotopic (exact) mass is 330 g/mol. The summed E-state index contributed by atoms with van der Waals surface area (Å²) in [5.41, 5.74) is 0.843. The van der Waals surface area contributed by atoms with E-state index in [1.165, 1.54) is 0 Å². The van der Waals surface area contributed by atoms with Gasteiger partial charge in [-0.15, -0.1) is 11.8 Å². The Kier molecular flexibility index (Phi) is 4.38. The molecule has 1 saturated heterocycles. The van der Waals surface area contributed by atoms with E-state index in [1.807, 2.05) is 30.5 Å². The number of carbonyl (C=O) groups excluding carboxylic acids is 2. The van der Waals surface area contributed by atoms with Crippen LogP contribution in [0.3, 0.4) is 0 Å². The van der Waals surface area contributed by atoms with Crippen molar-refractivity contribution in [3.8, 4) is 0 Å². The summed E-state index contributed by atoms with van der Waals surface area (Å²) in [6.07, 6.45) is 3.98. The molecule has 1 N–H and O–H groups in total. The average Bonchev–Trinajstić information content (AvgIpc) is 3.13. The Morgan fingerprint density at radius 3 is 2.91 bits per heavy atom. The maximum Gasteiger partial charge on any atom is 0.231 e. The van der Waals surface area contributed by atoms with Crippen molar-refractivity contribution in [2.75, 3.05) is 23.0 Å². The number of amides is 2. The van der Waals surface area contributed by atoms with Gasteiger partial charge in [-0.2, -0.15) is 5.10 Å². The van der Waals surface area contributed by atoms with Crippen LogP contribution in [0.15, 0.2) is 41.4 Å². The Morgan fingerprint density at radius 1 is 1.39 bits per heavy atom. The molecular formula is C16H18N4O2S. The lowest BCUT2D eigenvalue weighted by Gasteiger charge is -2.17. The van der Waals surface area contributed by atoms with Gasteiger partial charge in [0.25, 0.3) is 0 Å². The van der Waals surface area contributed by atoms with Gasteiger partial charge >= 0.3 is 0 Å². The molecule has 0 saturated carbocycles. The number of rotatable bonds is 4. The van der Waals surface area contributed by atoms with E-state index in [1.54, 1.807) is 40.7 Å². The zero-order valence-corrected chi connectivity index (χ0v) is 13.8. The summed E-state index contributed by atoms with van der Waals surface area (Å²) in [5, 5.41) is 6.89. The smallest absolute Gasteiger partial charge is 0.231 e. The molecule has 2 aromatic rings. The molecule has 7 heteroatoms. The van der Waals surface area contributed by atoms with Crippen LogP contribution in [0.1, 0.15) is 6.42 Å². The van der Waals surface area contributed by atoms with Crippen molar-refractivity contribution in [2.45, 2.75) is 11.3 Å². The fraction of sp³-hybridized carbons (Fsp3) is 0.312. The Bertz CT molecular complexity index is 743. The summed E-state index contributed by atoms with van der Waals surface area (Å²) in [4.78, 5) is 27.4. The van der Waals surface area contributed by atoms with E-state index in [4.69, 9.17) is 0 Å². The van der Waals surface area contributed by atoms with Gasteiger partial charge in [-0.25, -0.2) is 0 Å². The van der Waals surface area contributed by atoms with Gasteiger partial charge in [0.15, 0.2) is 5.82 Å². The van der Waals surface area contributed by atoms with E-state index in [0.717, 1.165) is 10.6 Å². The van der Waals surface area contributed by atoms with Crippen LogP contribution in [-0.2, 0) is 16.6 Å². The van der Waals surface area contributed by atoms with E-state index in [0.29, 0.717) is 12.4 Å². The second-order valence-electron chi connectivity index (χ2n) is 5.47. The van der Waals surface area contributed by atoms with Crippen molar-refractivity contribution in [1.82, 2.24) is 9.78 Å². The highest BCUT2D eigenvalue weighted by Crippen LogP contribution is 2.28. The first-order chi connectivity index (χ1) is 11.1. The predicted octanol–water partition coefficient (Wildman–Crippen LogP) is 2.13. The molecule has 2 heterocycles. The van der Waals surface area contributed by atoms with Gasteiger partial charge in [0.05, 0.1) is 5.92 Å². The first kappa shape index (κ1) is 15.6. The van der Waals surface area contributed by atoms with Crippen LogP contribution < -0.4 is 10.2 Å². The summed E-state index contributed by atoms with van der Waals surface area (Å²) in [7, 11) is 1.79. The van der Waals surface area contributed by atoms with Gasteiger partial charge in [0.1, 0.15) is 0 Å².